The van der Waals surface area contributed by atoms with E-state index in [0.29, 0.717) is 6.04 Å². The van der Waals surface area contributed by atoms with E-state index in [1.54, 1.807) is 0 Å². The molecule has 20 heavy (non-hydrogen) atoms. The highest BCUT2D eigenvalue weighted by atomic mass is 16.1. The van der Waals surface area contributed by atoms with Crippen molar-refractivity contribution in [3.63, 3.8) is 0 Å². The number of hydrogen-bond acceptors (Lipinski definition) is 4. The van der Waals surface area contributed by atoms with Gasteiger partial charge in [0, 0.05) is 25.2 Å². The molecule has 0 aromatic carbocycles. The fourth-order valence-corrected chi connectivity index (χ4v) is 2.60. The Morgan fingerprint density at radius 3 is 2.20 bits per heavy atom. The number of carbonyl (C=O) groups is 1. The van der Waals surface area contributed by atoms with Gasteiger partial charge in [-0.25, -0.2) is 0 Å². The van der Waals surface area contributed by atoms with E-state index in [1.165, 1.54) is 0 Å². The van der Waals surface area contributed by atoms with E-state index in [1.807, 2.05) is 20.8 Å². The van der Waals surface area contributed by atoms with Crippen LogP contribution in [0.4, 0.5) is 0 Å². The van der Waals surface area contributed by atoms with E-state index < -0.39 is 5.54 Å². The molecule has 0 radical (unpaired) electrons. The zero-order chi connectivity index (χ0) is 15.9. The fourth-order valence-electron chi connectivity index (χ4n) is 2.60. The molecular formula is C15H34N4O. The molecule has 0 spiro atoms. The largest absolute Gasteiger partial charge is 0.368 e. The van der Waals surface area contributed by atoms with E-state index in [2.05, 4.69) is 43.1 Å². The van der Waals surface area contributed by atoms with Crippen molar-refractivity contribution < 1.29 is 4.79 Å². The maximum absolute atomic E-state index is 11.7. The van der Waals surface area contributed by atoms with Crippen LogP contribution < -0.4 is 11.1 Å². The van der Waals surface area contributed by atoms with Gasteiger partial charge in [0.2, 0.25) is 5.91 Å². The first-order valence-corrected chi connectivity index (χ1v) is 7.58. The van der Waals surface area contributed by atoms with Crippen molar-refractivity contribution >= 4 is 5.91 Å². The monoisotopic (exact) mass is 286 g/mol. The molecule has 120 valence electrons. The Bertz CT molecular complexity index is 294. The summed E-state index contributed by atoms with van der Waals surface area (Å²) in [7, 11) is 4.16. The van der Waals surface area contributed by atoms with Crippen molar-refractivity contribution in [2.75, 3.05) is 33.7 Å². The molecule has 2 unspecified atom stereocenters. The van der Waals surface area contributed by atoms with Gasteiger partial charge in [-0.05, 0) is 54.8 Å². The van der Waals surface area contributed by atoms with Crippen LogP contribution in [-0.4, -0.2) is 67.1 Å². The van der Waals surface area contributed by atoms with Gasteiger partial charge in [0.25, 0.3) is 0 Å². The van der Waals surface area contributed by atoms with Crippen LogP contribution in [0.1, 0.15) is 41.0 Å². The summed E-state index contributed by atoms with van der Waals surface area (Å²) in [5.41, 5.74) is 4.94. The van der Waals surface area contributed by atoms with Crippen LogP contribution in [0.15, 0.2) is 0 Å². The van der Waals surface area contributed by atoms with Crippen molar-refractivity contribution in [3.8, 4) is 0 Å². The number of amides is 1. The molecule has 0 rings (SSSR count). The van der Waals surface area contributed by atoms with Crippen LogP contribution >= 0.6 is 0 Å². The van der Waals surface area contributed by atoms with Crippen LogP contribution in [0.25, 0.3) is 0 Å². The minimum Gasteiger partial charge on any atom is -0.368 e. The summed E-state index contributed by atoms with van der Waals surface area (Å²) in [6, 6.07) is 0.702. The Labute approximate surface area is 124 Å². The number of hydrogen-bond donors (Lipinski definition) is 2. The molecular weight excluding hydrogens is 252 g/mol. The molecule has 5 heteroatoms. The molecule has 0 aromatic rings. The molecule has 0 fully saturated rings. The van der Waals surface area contributed by atoms with Crippen molar-refractivity contribution in [1.82, 2.24) is 15.1 Å². The highest BCUT2D eigenvalue weighted by Crippen LogP contribution is 2.13. The molecule has 5 nitrogen and oxygen atoms in total. The average Bonchev–Trinajstić information content (AvgIpc) is 2.27. The zero-order valence-corrected chi connectivity index (χ0v) is 14.4. The molecule has 0 bridgehead atoms. The molecule has 0 aliphatic rings. The number of nitrogens with one attached hydrogen (secondary N) is 1. The first kappa shape index (κ1) is 19.4. The molecule has 3 N–H and O–H groups in total. The van der Waals surface area contributed by atoms with Crippen LogP contribution in [0.5, 0.6) is 0 Å². The second kappa shape index (κ2) is 8.60. The summed E-state index contributed by atoms with van der Waals surface area (Å²) < 4.78 is 0. The molecule has 0 aromatic heterocycles. The normalized spacial score (nSPS) is 16.7. The molecule has 2 atom stereocenters. The second-order valence-corrected chi connectivity index (χ2v) is 6.49. The van der Waals surface area contributed by atoms with Gasteiger partial charge in [0.1, 0.15) is 0 Å². The van der Waals surface area contributed by atoms with E-state index in [0.717, 1.165) is 26.1 Å². The van der Waals surface area contributed by atoms with Crippen LogP contribution in [0, 0.1) is 0 Å². The van der Waals surface area contributed by atoms with Crippen molar-refractivity contribution in [2.45, 2.75) is 58.7 Å². The molecule has 0 saturated heterocycles. The molecule has 0 aliphatic carbocycles. The minimum atomic E-state index is -0.639. The maximum atomic E-state index is 11.7. The van der Waals surface area contributed by atoms with E-state index >= 15 is 0 Å². The Morgan fingerprint density at radius 2 is 1.85 bits per heavy atom. The van der Waals surface area contributed by atoms with E-state index in [-0.39, 0.29) is 11.9 Å². The first-order chi connectivity index (χ1) is 9.12. The molecule has 0 saturated carbocycles. The van der Waals surface area contributed by atoms with Gasteiger partial charge in [-0.3, -0.25) is 9.69 Å². The van der Waals surface area contributed by atoms with Crippen molar-refractivity contribution in [3.05, 3.63) is 0 Å². The third-order valence-corrected chi connectivity index (χ3v) is 3.71. The molecule has 1 amide bonds. The number of carbonyl (C=O) groups excluding carboxylic acids is 1. The highest BCUT2D eigenvalue weighted by Gasteiger charge is 2.32. The number of primary amides is 1. The van der Waals surface area contributed by atoms with E-state index in [9.17, 15) is 4.79 Å². The number of nitrogens with zero attached hydrogens (tertiary/aromatic N) is 2. The van der Waals surface area contributed by atoms with Crippen LogP contribution in [0.3, 0.4) is 0 Å². The highest BCUT2D eigenvalue weighted by molar-refractivity contribution is 5.84. The third-order valence-electron chi connectivity index (χ3n) is 3.71. The lowest BCUT2D eigenvalue weighted by Crippen LogP contribution is -2.57. The summed E-state index contributed by atoms with van der Waals surface area (Å²) in [6.07, 6.45) is 0.728. The lowest BCUT2D eigenvalue weighted by Gasteiger charge is -2.35. The number of nitrogens with two attached hydrogens (primary N) is 1. The Balaban J connectivity index is 4.62. The third kappa shape index (κ3) is 6.68. The summed E-state index contributed by atoms with van der Waals surface area (Å²) in [6.45, 7) is 13.2. The summed E-state index contributed by atoms with van der Waals surface area (Å²) in [5, 5.41) is 3.30. The van der Waals surface area contributed by atoms with Crippen molar-refractivity contribution in [1.29, 1.82) is 0 Å². The fraction of sp³-hybridized carbons (Fsp3) is 0.933. The summed E-state index contributed by atoms with van der Waals surface area (Å²) in [4.78, 5) is 16.3. The Morgan fingerprint density at radius 1 is 1.30 bits per heavy atom. The number of likely N-dealkylation sites (N-methyl/N-ethyl adjacent to an activating group) is 2. The van der Waals surface area contributed by atoms with Crippen LogP contribution in [-0.2, 0) is 4.79 Å². The predicted octanol–water partition coefficient (Wildman–Crippen LogP) is 0.891. The van der Waals surface area contributed by atoms with E-state index in [4.69, 9.17) is 5.73 Å². The van der Waals surface area contributed by atoms with Gasteiger partial charge in [-0.2, -0.15) is 0 Å². The van der Waals surface area contributed by atoms with Crippen LogP contribution in [0.2, 0.25) is 0 Å². The zero-order valence-electron chi connectivity index (χ0n) is 14.4. The van der Waals surface area contributed by atoms with Gasteiger partial charge >= 0.3 is 0 Å². The first-order valence-electron chi connectivity index (χ1n) is 7.58. The second-order valence-electron chi connectivity index (χ2n) is 6.49. The Kier molecular flexibility index (Phi) is 8.32. The molecule has 0 heterocycles. The van der Waals surface area contributed by atoms with Gasteiger partial charge in [0.15, 0.2) is 0 Å². The van der Waals surface area contributed by atoms with Gasteiger partial charge < -0.3 is 16.0 Å². The quantitative estimate of drug-likeness (QED) is 0.626. The smallest absolute Gasteiger partial charge is 0.237 e. The van der Waals surface area contributed by atoms with Crippen molar-refractivity contribution in [2.24, 2.45) is 5.73 Å². The minimum absolute atomic E-state index is 0.238. The van der Waals surface area contributed by atoms with Gasteiger partial charge in [0.05, 0.1) is 5.54 Å². The average molecular weight is 286 g/mol. The maximum Gasteiger partial charge on any atom is 0.237 e. The molecule has 0 aliphatic heterocycles. The SMILES string of the molecule is CCN(CCC(C)(NC(C)C)C(N)=O)C(C)CN(C)C. The standard InChI is InChI=1S/C15H34N4O/c1-8-19(13(4)11-18(6)7)10-9-15(5,14(16)20)17-12(2)3/h12-13,17H,8-11H2,1-7H3,(H2,16,20). The lowest BCUT2D eigenvalue weighted by molar-refractivity contribution is -0.124. The van der Waals surface area contributed by atoms with Gasteiger partial charge in [-0.15, -0.1) is 0 Å². The topological polar surface area (TPSA) is 61.6 Å². The predicted molar refractivity (Wildman–Crippen MR) is 85.8 cm³/mol. The Hall–Kier alpha value is -0.650. The lowest BCUT2D eigenvalue weighted by atomic mass is 9.95. The number of rotatable bonds is 10. The summed E-state index contributed by atoms with van der Waals surface area (Å²) >= 11 is 0. The van der Waals surface area contributed by atoms with Gasteiger partial charge in [-0.1, -0.05) is 6.92 Å². The summed E-state index contributed by atoms with van der Waals surface area (Å²) in [5.74, 6) is -0.275.